The third-order valence-electron chi connectivity index (χ3n) is 4.19. The van der Waals surface area contributed by atoms with E-state index in [1.807, 2.05) is 0 Å². The molecule has 0 atom stereocenters. The highest BCUT2D eigenvalue weighted by molar-refractivity contribution is 9.10. The predicted octanol–water partition coefficient (Wildman–Crippen LogP) is 4.70. The van der Waals surface area contributed by atoms with Crippen LogP contribution in [-0.2, 0) is 12.8 Å². The normalized spacial score (nSPS) is 10.4. The van der Waals surface area contributed by atoms with Gasteiger partial charge in [0.2, 0.25) is 17.8 Å². The van der Waals surface area contributed by atoms with Crippen LogP contribution < -0.4 is 16.4 Å². The van der Waals surface area contributed by atoms with E-state index in [9.17, 15) is 0 Å². The molecule has 0 fully saturated rings. The van der Waals surface area contributed by atoms with E-state index in [0.717, 1.165) is 39.8 Å². The molecule has 0 radical (unpaired) electrons. The minimum atomic E-state index is 0.113. The van der Waals surface area contributed by atoms with E-state index in [1.165, 1.54) is 0 Å². The van der Waals surface area contributed by atoms with Gasteiger partial charge in [0.1, 0.15) is 0 Å². The summed E-state index contributed by atoms with van der Waals surface area (Å²) in [4.78, 5) is 12.8. The Labute approximate surface area is 172 Å². The van der Waals surface area contributed by atoms with Gasteiger partial charge in [-0.25, -0.2) is 0 Å². The summed E-state index contributed by atoms with van der Waals surface area (Å²) >= 11 is 3.57. The van der Waals surface area contributed by atoms with Crippen LogP contribution in [0.15, 0.2) is 40.9 Å². The molecule has 1 heterocycles. The number of nitrogens with two attached hydrogens (primary N) is 1. The molecule has 3 aromatic rings. The summed E-state index contributed by atoms with van der Waals surface area (Å²) in [6.45, 7) is 4.21. The second kappa shape index (κ2) is 8.67. The molecular formula is C20H20BrN7. The molecule has 0 aliphatic carbocycles. The fourth-order valence-corrected chi connectivity index (χ4v) is 3.37. The van der Waals surface area contributed by atoms with Gasteiger partial charge in [-0.3, -0.25) is 0 Å². The number of halogens is 1. The number of rotatable bonds is 6. The van der Waals surface area contributed by atoms with Crippen LogP contribution in [0.5, 0.6) is 0 Å². The maximum Gasteiger partial charge on any atom is 0.233 e. The van der Waals surface area contributed by atoms with Crippen molar-refractivity contribution in [1.29, 1.82) is 5.26 Å². The molecule has 28 heavy (non-hydrogen) atoms. The SMILES string of the molecule is CCc1cc(Br)cc(CC)c1Nc1nc(N)nc(Nc2ccc(C#N)cc2)n1. The number of benzene rings is 2. The maximum absolute atomic E-state index is 8.90. The molecule has 0 spiro atoms. The molecule has 0 saturated heterocycles. The first-order chi connectivity index (χ1) is 13.5. The van der Waals surface area contributed by atoms with Gasteiger partial charge in [-0.2, -0.15) is 20.2 Å². The number of nitrogen functional groups attached to an aromatic ring is 1. The zero-order chi connectivity index (χ0) is 20.1. The minimum absolute atomic E-state index is 0.113. The molecule has 2 aromatic carbocycles. The Balaban J connectivity index is 1.91. The number of anilines is 5. The molecule has 0 aliphatic rings. The van der Waals surface area contributed by atoms with E-state index in [4.69, 9.17) is 11.0 Å². The van der Waals surface area contributed by atoms with Crippen molar-refractivity contribution in [3.63, 3.8) is 0 Å². The number of aromatic nitrogens is 3. The van der Waals surface area contributed by atoms with Crippen LogP contribution in [0.25, 0.3) is 0 Å². The summed E-state index contributed by atoms with van der Waals surface area (Å²) in [6, 6.07) is 13.3. The van der Waals surface area contributed by atoms with Gasteiger partial charge in [-0.05, 0) is 60.4 Å². The monoisotopic (exact) mass is 437 g/mol. The van der Waals surface area contributed by atoms with Crippen molar-refractivity contribution in [3.8, 4) is 6.07 Å². The Hall–Kier alpha value is -3.18. The van der Waals surface area contributed by atoms with E-state index in [-0.39, 0.29) is 5.95 Å². The summed E-state index contributed by atoms with van der Waals surface area (Å²) in [5.74, 6) is 0.810. The Morgan fingerprint density at radius 2 is 1.54 bits per heavy atom. The zero-order valence-electron chi connectivity index (χ0n) is 15.6. The van der Waals surface area contributed by atoms with Gasteiger partial charge >= 0.3 is 0 Å². The Kier molecular flexibility index (Phi) is 6.06. The van der Waals surface area contributed by atoms with E-state index < -0.39 is 0 Å². The predicted molar refractivity (Wildman–Crippen MR) is 115 cm³/mol. The average molecular weight is 438 g/mol. The van der Waals surface area contributed by atoms with Gasteiger partial charge in [0.15, 0.2) is 0 Å². The molecule has 0 aliphatic heterocycles. The molecule has 3 rings (SSSR count). The fraction of sp³-hybridized carbons (Fsp3) is 0.200. The van der Waals surface area contributed by atoms with Crippen molar-refractivity contribution >= 4 is 45.1 Å². The van der Waals surface area contributed by atoms with Crippen LogP contribution in [0.2, 0.25) is 0 Å². The summed E-state index contributed by atoms with van der Waals surface area (Å²) in [5, 5.41) is 15.3. The molecule has 142 valence electrons. The number of aryl methyl sites for hydroxylation is 2. The van der Waals surface area contributed by atoms with Gasteiger partial charge < -0.3 is 16.4 Å². The molecule has 0 bridgehead atoms. The smallest absolute Gasteiger partial charge is 0.233 e. The molecule has 4 N–H and O–H groups in total. The quantitative estimate of drug-likeness (QED) is 0.511. The van der Waals surface area contributed by atoms with Crippen LogP contribution >= 0.6 is 15.9 Å². The second-order valence-electron chi connectivity index (χ2n) is 6.09. The van der Waals surface area contributed by atoms with Gasteiger partial charge in [0, 0.05) is 15.8 Å². The van der Waals surface area contributed by atoms with Crippen LogP contribution in [-0.4, -0.2) is 15.0 Å². The fourth-order valence-electron chi connectivity index (χ4n) is 2.82. The molecule has 0 amide bonds. The van der Waals surface area contributed by atoms with Crippen molar-refractivity contribution in [2.75, 3.05) is 16.4 Å². The number of nitrogens with one attached hydrogen (secondary N) is 2. The van der Waals surface area contributed by atoms with E-state index >= 15 is 0 Å². The van der Waals surface area contributed by atoms with E-state index in [0.29, 0.717) is 17.5 Å². The van der Waals surface area contributed by atoms with Gasteiger partial charge in [0.25, 0.3) is 0 Å². The van der Waals surface area contributed by atoms with Crippen molar-refractivity contribution in [3.05, 3.63) is 57.6 Å². The van der Waals surface area contributed by atoms with Crippen LogP contribution in [0.3, 0.4) is 0 Å². The van der Waals surface area contributed by atoms with E-state index in [2.05, 4.69) is 73.6 Å². The molecule has 7 nitrogen and oxygen atoms in total. The number of hydrogen-bond donors (Lipinski definition) is 3. The first kappa shape index (κ1) is 19.6. The Morgan fingerprint density at radius 1 is 0.964 bits per heavy atom. The van der Waals surface area contributed by atoms with Gasteiger partial charge in [-0.15, -0.1) is 0 Å². The molecule has 0 saturated carbocycles. The molecule has 0 unspecified atom stereocenters. The van der Waals surface area contributed by atoms with Crippen molar-refractivity contribution in [2.24, 2.45) is 0 Å². The summed E-state index contributed by atoms with van der Waals surface area (Å²) in [6.07, 6.45) is 1.73. The Morgan fingerprint density at radius 3 is 2.07 bits per heavy atom. The maximum atomic E-state index is 8.90. The second-order valence-corrected chi connectivity index (χ2v) is 7.00. The molecule has 1 aromatic heterocycles. The lowest BCUT2D eigenvalue weighted by Crippen LogP contribution is -2.09. The van der Waals surface area contributed by atoms with Crippen molar-refractivity contribution < 1.29 is 0 Å². The summed E-state index contributed by atoms with van der Waals surface area (Å²) in [5.41, 5.74) is 10.5. The lowest BCUT2D eigenvalue weighted by molar-refractivity contribution is 1.05. The standard InChI is InChI=1S/C20H20BrN7/c1-3-13-9-15(21)10-14(4-2)17(13)25-20-27-18(23)26-19(28-20)24-16-7-5-12(11-22)6-8-16/h5-10H,3-4H2,1-2H3,(H4,23,24,25,26,27,28). The minimum Gasteiger partial charge on any atom is -0.368 e. The third-order valence-corrected chi connectivity index (χ3v) is 4.65. The summed E-state index contributed by atoms with van der Waals surface area (Å²) in [7, 11) is 0. The first-order valence-electron chi connectivity index (χ1n) is 8.89. The van der Waals surface area contributed by atoms with E-state index in [1.54, 1.807) is 24.3 Å². The summed E-state index contributed by atoms with van der Waals surface area (Å²) < 4.78 is 1.05. The number of hydrogen-bond acceptors (Lipinski definition) is 7. The van der Waals surface area contributed by atoms with Crippen molar-refractivity contribution in [1.82, 2.24) is 15.0 Å². The highest BCUT2D eigenvalue weighted by Gasteiger charge is 2.12. The largest absolute Gasteiger partial charge is 0.368 e. The zero-order valence-corrected chi connectivity index (χ0v) is 17.2. The van der Waals surface area contributed by atoms with Gasteiger partial charge in [-0.1, -0.05) is 29.8 Å². The van der Waals surface area contributed by atoms with Crippen LogP contribution in [0, 0.1) is 11.3 Å². The highest BCUT2D eigenvalue weighted by atomic mass is 79.9. The van der Waals surface area contributed by atoms with Crippen molar-refractivity contribution in [2.45, 2.75) is 26.7 Å². The average Bonchev–Trinajstić information content (AvgIpc) is 2.69. The van der Waals surface area contributed by atoms with Gasteiger partial charge in [0.05, 0.1) is 11.6 Å². The number of nitrogens with zero attached hydrogens (tertiary/aromatic N) is 4. The first-order valence-corrected chi connectivity index (χ1v) is 9.68. The van der Waals surface area contributed by atoms with Crippen LogP contribution in [0.1, 0.15) is 30.5 Å². The third kappa shape index (κ3) is 4.56. The molecular weight excluding hydrogens is 418 g/mol. The van der Waals surface area contributed by atoms with Crippen LogP contribution in [0.4, 0.5) is 29.2 Å². The highest BCUT2D eigenvalue weighted by Crippen LogP contribution is 2.29. The lowest BCUT2D eigenvalue weighted by Gasteiger charge is -2.16. The Bertz CT molecular complexity index is 1000. The topological polar surface area (TPSA) is 113 Å². The lowest BCUT2D eigenvalue weighted by atomic mass is 10.0. The molecule has 8 heteroatoms. The number of nitriles is 1.